The standard InChI is InChI=1S/C11H19N3O2S/c1-9-8-14(11(16)12-10(9)15)3-2-13-4-6-17-7-5-13/h9H,2-8H2,1H3,(H,12,15,16). The summed E-state index contributed by atoms with van der Waals surface area (Å²) in [7, 11) is 0. The van der Waals surface area contributed by atoms with Gasteiger partial charge >= 0.3 is 6.03 Å². The summed E-state index contributed by atoms with van der Waals surface area (Å²) in [5.41, 5.74) is 0. The van der Waals surface area contributed by atoms with Crippen LogP contribution in [0.1, 0.15) is 6.92 Å². The van der Waals surface area contributed by atoms with Crippen molar-refractivity contribution in [2.24, 2.45) is 5.92 Å². The van der Waals surface area contributed by atoms with Gasteiger partial charge in [0, 0.05) is 44.2 Å². The summed E-state index contributed by atoms with van der Waals surface area (Å²) in [6.45, 7) is 6.24. The Hall–Kier alpha value is -0.750. The van der Waals surface area contributed by atoms with Crippen molar-refractivity contribution in [1.29, 1.82) is 0 Å². The number of imide groups is 1. The van der Waals surface area contributed by atoms with E-state index in [1.54, 1.807) is 4.90 Å². The largest absolute Gasteiger partial charge is 0.324 e. The number of urea groups is 1. The molecule has 0 aromatic carbocycles. The maximum absolute atomic E-state index is 11.6. The second-order valence-corrected chi connectivity index (χ2v) is 5.82. The van der Waals surface area contributed by atoms with Crippen molar-refractivity contribution in [3.63, 3.8) is 0 Å². The highest BCUT2D eigenvalue weighted by Gasteiger charge is 2.28. The van der Waals surface area contributed by atoms with E-state index >= 15 is 0 Å². The first kappa shape index (κ1) is 12.7. The van der Waals surface area contributed by atoms with Crippen molar-refractivity contribution in [1.82, 2.24) is 15.1 Å². The monoisotopic (exact) mass is 257 g/mol. The van der Waals surface area contributed by atoms with Gasteiger partial charge < -0.3 is 4.90 Å². The molecule has 2 rings (SSSR count). The average molecular weight is 257 g/mol. The molecular formula is C11H19N3O2S. The van der Waals surface area contributed by atoms with Crippen molar-refractivity contribution in [3.05, 3.63) is 0 Å². The SMILES string of the molecule is CC1CN(CCN2CCSCC2)C(=O)NC1=O. The van der Waals surface area contributed by atoms with Crippen LogP contribution < -0.4 is 5.32 Å². The molecule has 6 heteroatoms. The quantitative estimate of drug-likeness (QED) is 0.786. The fourth-order valence-corrected chi connectivity index (χ4v) is 3.06. The summed E-state index contributed by atoms with van der Waals surface area (Å²) < 4.78 is 0. The van der Waals surface area contributed by atoms with E-state index in [9.17, 15) is 9.59 Å². The zero-order valence-electron chi connectivity index (χ0n) is 10.1. The number of hydrogen-bond acceptors (Lipinski definition) is 4. The van der Waals surface area contributed by atoms with E-state index in [0.29, 0.717) is 13.1 Å². The van der Waals surface area contributed by atoms with Gasteiger partial charge in [0.25, 0.3) is 0 Å². The van der Waals surface area contributed by atoms with E-state index in [2.05, 4.69) is 10.2 Å². The fourth-order valence-electron chi connectivity index (χ4n) is 2.08. The minimum atomic E-state index is -0.237. The molecule has 1 unspecified atom stereocenters. The van der Waals surface area contributed by atoms with Crippen molar-refractivity contribution in [2.45, 2.75) is 6.92 Å². The van der Waals surface area contributed by atoms with E-state index in [0.717, 1.165) is 19.6 Å². The predicted octanol–water partition coefficient (Wildman–Crippen LogP) is 0.223. The highest BCUT2D eigenvalue weighted by Crippen LogP contribution is 2.10. The minimum absolute atomic E-state index is 0.0930. The molecule has 2 aliphatic rings. The van der Waals surface area contributed by atoms with Gasteiger partial charge in [-0.3, -0.25) is 15.0 Å². The van der Waals surface area contributed by atoms with Crippen LogP contribution in [0, 0.1) is 5.92 Å². The number of carbonyl (C=O) groups excluding carboxylic acids is 2. The van der Waals surface area contributed by atoms with Crippen molar-refractivity contribution >= 4 is 23.7 Å². The number of nitrogens with zero attached hydrogens (tertiary/aromatic N) is 2. The van der Waals surface area contributed by atoms with Crippen LogP contribution in [0.15, 0.2) is 0 Å². The van der Waals surface area contributed by atoms with Crippen LogP contribution in [0.25, 0.3) is 0 Å². The molecule has 17 heavy (non-hydrogen) atoms. The van der Waals surface area contributed by atoms with Crippen LogP contribution in [-0.4, -0.2) is 66.0 Å². The highest BCUT2D eigenvalue weighted by atomic mass is 32.2. The third-order valence-electron chi connectivity index (χ3n) is 3.25. The molecule has 2 aliphatic heterocycles. The average Bonchev–Trinajstić information content (AvgIpc) is 2.33. The number of carbonyl (C=O) groups is 2. The first-order valence-corrected chi connectivity index (χ1v) is 7.22. The summed E-state index contributed by atoms with van der Waals surface area (Å²) in [5, 5.41) is 2.39. The Labute approximate surface area is 106 Å². The van der Waals surface area contributed by atoms with Crippen LogP contribution in [-0.2, 0) is 4.79 Å². The Morgan fingerprint density at radius 1 is 1.29 bits per heavy atom. The van der Waals surface area contributed by atoms with E-state index in [1.165, 1.54) is 11.5 Å². The Morgan fingerprint density at radius 2 is 2.00 bits per heavy atom. The van der Waals surface area contributed by atoms with Gasteiger partial charge in [-0.25, -0.2) is 4.79 Å². The third-order valence-corrected chi connectivity index (χ3v) is 4.19. The number of nitrogens with one attached hydrogen (secondary N) is 1. The third kappa shape index (κ3) is 3.35. The van der Waals surface area contributed by atoms with E-state index in [4.69, 9.17) is 0 Å². The summed E-state index contributed by atoms with van der Waals surface area (Å²) >= 11 is 1.98. The molecule has 0 spiro atoms. The van der Waals surface area contributed by atoms with Gasteiger partial charge in [0.2, 0.25) is 5.91 Å². The Bertz CT molecular complexity index is 305. The van der Waals surface area contributed by atoms with E-state index in [1.807, 2.05) is 18.7 Å². The molecule has 1 atom stereocenters. The lowest BCUT2D eigenvalue weighted by Gasteiger charge is -2.33. The summed E-state index contributed by atoms with van der Waals surface area (Å²) in [6, 6.07) is -0.237. The van der Waals surface area contributed by atoms with Crippen LogP contribution in [0.2, 0.25) is 0 Å². The number of hydrogen-bond donors (Lipinski definition) is 1. The van der Waals surface area contributed by atoms with Crippen LogP contribution >= 0.6 is 11.8 Å². The molecule has 0 aromatic rings. The molecule has 2 heterocycles. The summed E-state index contributed by atoms with van der Waals surface area (Å²) in [5.74, 6) is 2.12. The fraction of sp³-hybridized carbons (Fsp3) is 0.818. The van der Waals surface area contributed by atoms with Gasteiger partial charge in [-0.1, -0.05) is 6.92 Å². The molecular weight excluding hydrogens is 238 g/mol. The van der Waals surface area contributed by atoms with Crippen molar-refractivity contribution in [2.75, 3.05) is 44.2 Å². The Balaban J connectivity index is 1.78. The summed E-state index contributed by atoms with van der Waals surface area (Å²) in [6.07, 6.45) is 0. The van der Waals surface area contributed by atoms with Gasteiger partial charge in [0.05, 0.1) is 5.92 Å². The molecule has 0 bridgehead atoms. The lowest BCUT2D eigenvalue weighted by molar-refractivity contribution is -0.125. The van der Waals surface area contributed by atoms with Crippen LogP contribution in [0.5, 0.6) is 0 Å². The Morgan fingerprint density at radius 3 is 2.71 bits per heavy atom. The van der Waals surface area contributed by atoms with Crippen molar-refractivity contribution in [3.8, 4) is 0 Å². The topological polar surface area (TPSA) is 52.6 Å². The molecule has 2 saturated heterocycles. The van der Waals surface area contributed by atoms with E-state index in [-0.39, 0.29) is 17.9 Å². The van der Waals surface area contributed by atoms with Gasteiger partial charge in [0.15, 0.2) is 0 Å². The molecule has 0 aromatic heterocycles. The lowest BCUT2D eigenvalue weighted by atomic mass is 10.1. The zero-order chi connectivity index (χ0) is 12.3. The summed E-state index contributed by atoms with van der Waals surface area (Å²) in [4.78, 5) is 27.0. The molecule has 1 N–H and O–H groups in total. The van der Waals surface area contributed by atoms with Crippen LogP contribution in [0.3, 0.4) is 0 Å². The minimum Gasteiger partial charge on any atom is -0.322 e. The van der Waals surface area contributed by atoms with Gasteiger partial charge in [0.1, 0.15) is 0 Å². The lowest BCUT2D eigenvalue weighted by Crippen LogP contribution is -2.55. The first-order valence-electron chi connectivity index (χ1n) is 6.06. The number of rotatable bonds is 3. The smallest absolute Gasteiger partial charge is 0.322 e. The predicted molar refractivity (Wildman–Crippen MR) is 68.0 cm³/mol. The Kier molecular flexibility index (Phi) is 4.28. The normalized spacial score (nSPS) is 27.1. The van der Waals surface area contributed by atoms with Gasteiger partial charge in [-0.05, 0) is 0 Å². The second kappa shape index (κ2) is 5.73. The maximum Gasteiger partial charge on any atom is 0.324 e. The molecule has 0 aliphatic carbocycles. The molecule has 96 valence electrons. The van der Waals surface area contributed by atoms with Crippen molar-refractivity contribution < 1.29 is 9.59 Å². The van der Waals surface area contributed by atoms with Gasteiger partial charge in [-0.2, -0.15) is 11.8 Å². The molecule has 5 nitrogen and oxygen atoms in total. The van der Waals surface area contributed by atoms with Crippen LogP contribution in [0.4, 0.5) is 4.79 Å². The molecule has 0 saturated carbocycles. The first-order chi connectivity index (χ1) is 8.16. The van der Waals surface area contributed by atoms with Gasteiger partial charge in [-0.15, -0.1) is 0 Å². The second-order valence-electron chi connectivity index (χ2n) is 4.60. The maximum atomic E-state index is 11.6. The molecule has 0 radical (unpaired) electrons. The zero-order valence-corrected chi connectivity index (χ0v) is 11.0. The molecule has 3 amide bonds. The van der Waals surface area contributed by atoms with E-state index < -0.39 is 0 Å². The highest BCUT2D eigenvalue weighted by molar-refractivity contribution is 7.99. The number of thioether (sulfide) groups is 1. The molecule has 2 fully saturated rings. The number of amides is 3.